The van der Waals surface area contributed by atoms with Gasteiger partial charge in [0.2, 0.25) is 5.95 Å². The Morgan fingerprint density at radius 2 is 2.12 bits per heavy atom. The Labute approximate surface area is 190 Å². The number of hydrogen-bond donors (Lipinski definition) is 5. The number of hydrogen-bond acceptors (Lipinski definition) is 10. The van der Waals surface area contributed by atoms with Crippen LogP contribution in [0.15, 0.2) is 18.2 Å². The molecule has 0 radical (unpaired) electrons. The number of aliphatic hydroxyl groups is 1. The van der Waals surface area contributed by atoms with Gasteiger partial charge < -0.3 is 26.0 Å². The summed E-state index contributed by atoms with van der Waals surface area (Å²) < 4.78 is 5.56. The Hall–Kier alpha value is -3.80. The lowest BCUT2D eigenvalue weighted by Crippen LogP contribution is -2.25. The molecule has 0 fully saturated rings. The van der Waals surface area contributed by atoms with Crippen molar-refractivity contribution in [2.24, 2.45) is 0 Å². The molecule has 0 saturated carbocycles. The second-order valence-corrected chi connectivity index (χ2v) is 7.63. The Morgan fingerprint density at radius 3 is 2.79 bits per heavy atom. The quantitative estimate of drug-likeness (QED) is 0.263. The number of aromatic amines is 1. The van der Waals surface area contributed by atoms with E-state index in [-0.39, 0.29) is 19.0 Å². The van der Waals surface area contributed by atoms with E-state index in [0.717, 1.165) is 16.7 Å². The van der Waals surface area contributed by atoms with Gasteiger partial charge in [-0.2, -0.15) is 10.2 Å². The average Bonchev–Trinajstić information content (AvgIpc) is 3.27. The van der Waals surface area contributed by atoms with E-state index < -0.39 is 12.0 Å². The van der Waals surface area contributed by atoms with Crippen LogP contribution in [0.25, 0.3) is 0 Å². The molecule has 0 amide bonds. The first kappa shape index (κ1) is 23.9. The number of tetrazole rings is 1. The van der Waals surface area contributed by atoms with Crippen molar-refractivity contribution in [3.05, 3.63) is 46.4 Å². The number of anilines is 2. The van der Waals surface area contributed by atoms with Crippen molar-refractivity contribution in [2.45, 2.75) is 45.1 Å². The van der Waals surface area contributed by atoms with Crippen LogP contribution in [-0.4, -0.2) is 66.5 Å². The molecule has 0 aliphatic rings. The number of methoxy groups -OCH3 is 1. The second kappa shape index (κ2) is 11.2. The van der Waals surface area contributed by atoms with Gasteiger partial charge in [-0.3, -0.25) is 4.79 Å². The fourth-order valence-corrected chi connectivity index (χ4v) is 3.63. The summed E-state index contributed by atoms with van der Waals surface area (Å²) in [5.74, 6) is 0.876. The minimum atomic E-state index is -0.943. The topological polar surface area (TPSA) is 185 Å². The first-order valence-electron chi connectivity index (χ1n) is 10.5. The molecule has 0 spiro atoms. The van der Waals surface area contributed by atoms with Crippen molar-refractivity contribution in [3.63, 3.8) is 0 Å². The number of nitrogens with two attached hydrogens (primary N) is 1. The molecule has 0 unspecified atom stereocenters. The van der Waals surface area contributed by atoms with Crippen LogP contribution in [0, 0.1) is 6.92 Å². The van der Waals surface area contributed by atoms with Crippen LogP contribution in [0.2, 0.25) is 0 Å². The smallest absolute Gasteiger partial charge is 0.305 e. The maximum Gasteiger partial charge on any atom is 0.305 e. The molecule has 2 aromatic heterocycles. The highest BCUT2D eigenvalue weighted by Crippen LogP contribution is 2.29. The number of carboxylic acid groups (broad SMARTS) is 1. The number of rotatable bonds is 12. The summed E-state index contributed by atoms with van der Waals surface area (Å²) in [6, 6.07) is 5.38. The largest absolute Gasteiger partial charge is 0.496 e. The Balaban J connectivity index is 1.93. The van der Waals surface area contributed by atoms with Crippen LogP contribution >= 0.6 is 0 Å². The lowest BCUT2D eigenvalue weighted by atomic mass is 9.99. The van der Waals surface area contributed by atoms with E-state index in [9.17, 15) is 15.0 Å². The lowest BCUT2D eigenvalue weighted by Gasteiger charge is -2.21. The SMILES string of the molecule is COc1ccc(Cc2nn[nH]n2)cc1Cc1c(C)nc(N)nc1N[C@H](CCCO)CC(=O)O. The normalized spacial score (nSPS) is 11.8. The molecule has 1 atom stereocenters. The van der Waals surface area contributed by atoms with E-state index in [1.54, 1.807) is 7.11 Å². The van der Waals surface area contributed by atoms with Crippen LogP contribution in [0.4, 0.5) is 11.8 Å². The maximum atomic E-state index is 11.3. The number of H-pyrrole nitrogens is 1. The van der Waals surface area contributed by atoms with Crippen LogP contribution in [0.5, 0.6) is 5.75 Å². The zero-order chi connectivity index (χ0) is 23.8. The van der Waals surface area contributed by atoms with Gasteiger partial charge in [0.05, 0.1) is 13.5 Å². The number of aliphatic carboxylic acids is 1. The van der Waals surface area contributed by atoms with Crippen LogP contribution in [-0.2, 0) is 17.6 Å². The molecule has 12 heteroatoms. The van der Waals surface area contributed by atoms with Gasteiger partial charge in [0.15, 0.2) is 5.82 Å². The van der Waals surface area contributed by atoms with Crippen LogP contribution in [0.3, 0.4) is 0 Å². The third-order valence-electron chi connectivity index (χ3n) is 5.17. The number of benzene rings is 1. The van der Waals surface area contributed by atoms with E-state index in [1.807, 2.05) is 25.1 Å². The third-order valence-corrected chi connectivity index (χ3v) is 5.17. The highest BCUT2D eigenvalue weighted by molar-refractivity contribution is 5.68. The van der Waals surface area contributed by atoms with Gasteiger partial charge in [-0.25, -0.2) is 4.98 Å². The number of aliphatic hydroxyl groups excluding tert-OH is 1. The molecule has 0 bridgehead atoms. The third kappa shape index (κ3) is 6.59. The summed E-state index contributed by atoms with van der Waals surface area (Å²) in [7, 11) is 1.60. The zero-order valence-corrected chi connectivity index (χ0v) is 18.6. The molecule has 33 heavy (non-hydrogen) atoms. The first-order chi connectivity index (χ1) is 15.9. The number of nitrogens with one attached hydrogen (secondary N) is 2. The zero-order valence-electron chi connectivity index (χ0n) is 18.6. The Bertz CT molecular complexity index is 1070. The van der Waals surface area contributed by atoms with Crippen molar-refractivity contribution in [1.29, 1.82) is 0 Å². The predicted molar refractivity (Wildman–Crippen MR) is 120 cm³/mol. The molecule has 0 aliphatic carbocycles. The molecule has 12 nitrogen and oxygen atoms in total. The fourth-order valence-electron chi connectivity index (χ4n) is 3.63. The molecule has 0 saturated heterocycles. The standard InChI is InChI=1S/C21H28N8O4/c1-12-16(20(25-21(22)23-12)24-15(4-3-7-30)11-19(31)32)10-14-8-13(5-6-17(14)33-2)9-18-26-28-29-27-18/h5-6,8,15,30H,3-4,7,9-11H2,1-2H3,(H,31,32)(H3,22,23,24,25)(H,26,27,28,29)/t15-/m1/s1. The van der Waals surface area contributed by atoms with Gasteiger partial charge in [0, 0.05) is 36.7 Å². The summed E-state index contributed by atoms with van der Waals surface area (Å²) in [6.07, 6.45) is 1.74. The summed E-state index contributed by atoms with van der Waals surface area (Å²) in [4.78, 5) is 20.0. The van der Waals surface area contributed by atoms with E-state index in [0.29, 0.717) is 48.8 Å². The molecule has 176 valence electrons. The summed E-state index contributed by atoms with van der Waals surface area (Å²) in [5, 5.41) is 35.7. The highest BCUT2D eigenvalue weighted by atomic mass is 16.5. The Kier molecular flexibility index (Phi) is 8.08. The molecular weight excluding hydrogens is 428 g/mol. The second-order valence-electron chi connectivity index (χ2n) is 7.63. The van der Waals surface area contributed by atoms with Gasteiger partial charge in [-0.05, 0) is 37.0 Å². The number of aryl methyl sites for hydroxylation is 1. The average molecular weight is 457 g/mol. The monoisotopic (exact) mass is 456 g/mol. The van der Waals surface area contributed by atoms with Crippen LogP contribution < -0.4 is 15.8 Å². The van der Waals surface area contributed by atoms with Crippen LogP contribution in [0.1, 0.15) is 47.5 Å². The van der Waals surface area contributed by atoms with E-state index in [2.05, 4.69) is 35.9 Å². The fraction of sp³-hybridized carbons (Fsp3) is 0.429. The molecule has 6 N–H and O–H groups in total. The molecule has 1 aromatic carbocycles. The van der Waals surface area contributed by atoms with Gasteiger partial charge in [-0.1, -0.05) is 17.3 Å². The van der Waals surface area contributed by atoms with Crippen molar-refractivity contribution in [2.75, 3.05) is 24.8 Å². The molecular formula is C21H28N8O4. The first-order valence-corrected chi connectivity index (χ1v) is 10.5. The van der Waals surface area contributed by atoms with Gasteiger partial charge in [-0.15, -0.1) is 10.2 Å². The number of nitrogens with zero attached hydrogens (tertiary/aromatic N) is 5. The summed E-state index contributed by atoms with van der Waals surface area (Å²) >= 11 is 0. The molecule has 0 aliphatic heterocycles. The summed E-state index contributed by atoms with van der Waals surface area (Å²) in [6.45, 7) is 1.80. The number of carboxylic acids is 1. The maximum absolute atomic E-state index is 11.3. The summed E-state index contributed by atoms with van der Waals surface area (Å²) in [5.41, 5.74) is 9.20. The molecule has 3 aromatic rings. The van der Waals surface area contributed by atoms with Crippen molar-refractivity contribution < 1.29 is 19.7 Å². The number of carbonyl (C=O) groups is 1. The number of aromatic nitrogens is 6. The van der Waals surface area contributed by atoms with Crippen molar-refractivity contribution >= 4 is 17.7 Å². The van der Waals surface area contributed by atoms with Crippen molar-refractivity contribution in [3.8, 4) is 5.75 Å². The predicted octanol–water partition coefficient (Wildman–Crippen LogP) is 1.10. The minimum absolute atomic E-state index is 0.0278. The van der Waals surface area contributed by atoms with Crippen molar-refractivity contribution in [1.82, 2.24) is 30.6 Å². The number of nitrogen functional groups attached to an aromatic ring is 1. The van der Waals surface area contributed by atoms with Gasteiger partial charge in [0.25, 0.3) is 0 Å². The molecule has 3 rings (SSSR count). The van der Waals surface area contributed by atoms with E-state index in [4.69, 9.17) is 10.5 Å². The lowest BCUT2D eigenvalue weighted by molar-refractivity contribution is -0.137. The number of ether oxygens (including phenoxy) is 1. The van der Waals surface area contributed by atoms with E-state index >= 15 is 0 Å². The van der Waals surface area contributed by atoms with E-state index in [1.165, 1.54) is 0 Å². The highest BCUT2D eigenvalue weighted by Gasteiger charge is 2.19. The van der Waals surface area contributed by atoms with Gasteiger partial charge in [0.1, 0.15) is 11.6 Å². The minimum Gasteiger partial charge on any atom is -0.496 e. The van der Waals surface area contributed by atoms with Gasteiger partial charge >= 0.3 is 5.97 Å². The molecule has 2 heterocycles. The Morgan fingerprint density at radius 1 is 1.30 bits per heavy atom.